The summed E-state index contributed by atoms with van der Waals surface area (Å²) in [5.74, 6) is 1.26. The summed E-state index contributed by atoms with van der Waals surface area (Å²) in [7, 11) is 0. The van der Waals surface area contributed by atoms with Crippen molar-refractivity contribution in [1.82, 2.24) is 4.90 Å². The number of aliphatic hydroxyl groups excluding tert-OH is 3. The molecule has 4 nitrogen and oxygen atoms in total. The molecule has 6 fully saturated rings. The summed E-state index contributed by atoms with van der Waals surface area (Å²) in [5.41, 5.74) is 0.849. The fraction of sp³-hybridized carbons (Fsp3) is 0.909. The van der Waals surface area contributed by atoms with Crippen molar-refractivity contribution in [2.45, 2.75) is 70.3 Å². The summed E-state index contributed by atoms with van der Waals surface area (Å²) < 4.78 is 0. The van der Waals surface area contributed by atoms with Crippen LogP contribution in [0.4, 0.5) is 0 Å². The smallest absolute Gasteiger partial charge is 0.0813 e. The van der Waals surface area contributed by atoms with E-state index in [0.717, 1.165) is 50.8 Å². The van der Waals surface area contributed by atoms with E-state index in [4.69, 9.17) is 0 Å². The van der Waals surface area contributed by atoms with Crippen LogP contribution in [-0.4, -0.2) is 57.7 Å². The van der Waals surface area contributed by atoms with Crippen LogP contribution in [0.15, 0.2) is 12.2 Å². The van der Waals surface area contributed by atoms with Crippen molar-refractivity contribution in [2.24, 2.45) is 39.9 Å². The van der Waals surface area contributed by atoms with Crippen LogP contribution in [0.2, 0.25) is 0 Å². The molecule has 5 aliphatic carbocycles. The topological polar surface area (TPSA) is 63.9 Å². The quantitative estimate of drug-likeness (QED) is 0.625. The van der Waals surface area contributed by atoms with Gasteiger partial charge in [0.1, 0.15) is 0 Å². The highest BCUT2D eigenvalue weighted by molar-refractivity contribution is 5.39. The van der Waals surface area contributed by atoms with E-state index in [2.05, 4.69) is 25.3 Å². The monoisotopic (exact) mass is 359 g/mol. The number of hydrogen-bond acceptors (Lipinski definition) is 4. The molecule has 4 heteroatoms. The lowest BCUT2D eigenvalue weighted by atomic mass is 9.43. The minimum atomic E-state index is -0.500. The lowest BCUT2D eigenvalue weighted by Crippen LogP contribution is -2.68. The fourth-order valence-corrected chi connectivity index (χ4v) is 9.97. The van der Waals surface area contributed by atoms with Crippen molar-refractivity contribution in [3.05, 3.63) is 12.2 Å². The molecule has 11 atom stereocenters. The first kappa shape index (κ1) is 16.5. The molecule has 144 valence electrons. The first-order valence-electron chi connectivity index (χ1n) is 10.8. The average Bonchev–Trinajstić information content (AvgIpc) is 3.14. The van der Waals surface area contributed by atoms with E-state index >= 15 is 0 Å². The Kier molecular flexibility index (Phi) is 2.92. The minimum absolute atomic E-state index is 0.0547. The normalized spacial score (nSPS) is 65.5. The fourth-order valence-electron chi connectivity index (χ4n) is 9.97. The number of fused-ring (bicyclic) bond motifs is 1. The molecule has 6 rings (SSSR count). The highest BCUT2D eigenvalue weighted by atomic mass is 16.3. The predicted molar refractivity (Wildman–Crippen MR) is 98.2 cm³/mol. The molecule has 1 aliphatic heterocycles. The van der Waals surface area contributed by atoms with Crippen molar-refractivity contribution in [1.29, 1.82) is 0 Å². The van der Waals surface area contributed by atoms with E-state index in [1.54, 1.807) is 0 Å². The van der Waals surface area contributed by atoms with Gasteiger partial charge in [-0.2, -0.15) is 0 Å². The Morgan fingerprint density at radius 1 is 1.19 bits per heavy atom. The van der Waals surface area contributed by atoms with E-state index in [1.807, 2.05) is 0 Å². The number of aliphatic hydroxyl groups is 3. The van der Waals surface area contributed by atoms with Crippen molar-refractivity contribution >= 4 is 0 Å². The first-order valence-corrected chi connectivity index (χ1v) is 10.8. The number of rotatable bonds is 1. The maximum absolute atomic E-state index is 11.5. The Balaban J connectivity index is 1.61. The first-order chi connectivity index (χ1) is 12.3. The second-order valence-electron chi connectivity index (χ2n) is 10.9. The van der Waals surface area contributed by atoms with E-state index in [1.165, 1.54) is 0 Å². The lowest BCUT2D eigenvalue weighted by Gasteiger charge is -2.65. The Bertz CT molecular complexity index is 695. The zero-order valence-electron chi connectivity index (χ0n) is 16.1. The molecule has 5 saturated carbocycles. The molecule has 1 heterocycles. The Morgan fingerprint density at radius 2 is 1.96 bits per heavy atom. The van der Waals surface area contributed by atoms with Gasteiger partial charge in [-0.1, -0.05) is 20.4 Å². The summed E-state index contributed by atoms with van der Waals surface area (Å²) >= 11 is 0. The van der Waals surface area contributed by atoms with Crippen LogP contribution >= 0.6 is 0 Å². The third-order valence-corrected chi connectivity index (χ3v) is 10.6. The number of likely N-dealkylation sites (tertiary alicyclic amines) is 1. The van der Waals surface area contributed by atoms with Gasteiger partial charge in [-0.05, 0) is 67.4 Å². The maximum atomic E-state index is 11.5. The van der Waals surface area contributed by atoms with Crippen molar-refractivity contribution < 1.29 is 15.3 Å². The summed E-state index contributed by atoms with van der Waals surface area (Å²) in [6, 6.07) is 0.373. The third-order valence-electron chi connectivity index (χ3n) is 10.6. The second-order valence-corrected chi connectivity index (χ2v) is 10.9. The largest absolute Gasteiger partial charge is 0.392 e. The number of hydrogen-bond donors (Lipinski definition) is 3. The van der Waals surface area contributed by atoms with Gasteiger partial charge in [-0.15, -0.1) is 0 Å². The zero-order valence-corrected chi connectivity index (χ0v) is 16.1. The molecule has 1 saturated heterocycles. The molecule has 0 radical (unpaired) electrons. The van der Waals surface area contributed by atoms with E-state index < -0.39 is 12.2 Å². The average molecular weight is 360 g/mol. The molecule has 0 aromatic heterocycles. The molecular weight excluding hydrogens is 326 g/mol. The van der Waals surface area contributed by atoms with E-state index in [9.17, 15) is 15.3 Å². The Labute approximate surface area is 156 Å². The molecule has 0 amide bonds. The van der Waals surface area contributed by atoms with Crippen molar-refractivity contribution in [2.75, 3.05) is 13.1 Å². The van der Waals surface area contributed by atoms with Crippen LogP contribution in [0.5, 0.6) is 0 Å². The minimum Gasteiger partial charge on any atom is -0.392 e. The van der Waals surface area contributed by atoms with E-state index in [-0.39, 0.29) is 34.2 Å². The standard InChI is InChI=1S/C22H33NO3/c1-4-23-10-20(3)6-5-17(25)22-15(20)7-13(18(22)23)21-9-12(11(2)19(21)26)14(24)8-16(21)22/h12-19,24-26H,2,4-10H2,1,3H3/t12-,13?,14+,15-,16-,17?,18?,19-,20+,21?,22?/m1/s1. The number of piperidine rings is 1. The van der Waals surface area contributed by atoms with Gasteiger partial charge in [0.2, 0.25) is 0 Å². The van der Waals surface area contributed by atoms with Gasteiger partial charge < -0.3 is 15.3 Å². The third kappa shape index (κ3) is 1.37. The number of nitrogens with zero attached hydrogens (tertiary/aromatic N) is 1. The molecule has 2 spiro atoms. The van der Waals surface area contributed by atoms with Crippen molar-refractivity contribution in [3.63, 3.8) is 0 Å². The van der Waals surface area contributed by atoms with Crippen LogP contribution in [0.3, 0.4) is 0 Å². The van der Waals surface area contributed by atoms with Crippen LogP contribution in [0.1, 0.15) is 46.0 Å². The van der Waals surface area contributed by atoms with Gasteiger partial charge >= 0.3 is 0 Å². The van der Waals surface area contributed by atoms with Crippen LogP contribution in [-0.2, 0) is 0 Å². The summed E-state index contributed by atoms with van der Waals surface area (Å²) in [6.07, 6.45) is 3.58. The Morgan fingerprint density at radius 3 is 2.69 bits per heavy atom. The van der Waals surface area contributed by atoms with Gasteiger partial charge in [0.25, 0.3) is 0 Å². The molecule has 0 aromatic rings. The van der Waals surface area contributed by atoms with Gasteiger partial charge in [-0.3, -0.25) is 4.90 Å². The molecule has 26 heavy (non-hydrogen) atoms. The predicted octanol–water partition coefficient (Wildman–Crippen LogP) is 1.79. The molecule has 7 bridgehead atoms. The SMILES string of the molecule is C=C1[C@H]2CC3(C4C[C@H]5C6(C(O)CC[C@@]5(C)CN(CC)C46)[C@@H]3C[C@@H]2O)[C@@H]1O. The zero-order chi connectivity index (χ0) is 18.2. The summed E-state index contributed by atoms with van der Waals surface area (Å²) in [6.45, 7) is 11.1. The Hall–Kier alpha value is -0.420. The maximum Gasteiger partial charge on any atom is 0.0813 e. The molecular formula is C22H33NO3. The highest BCUT2D eigenvalue weighted by Crippen LogP contribution is 2.83. The van der Waals surface area contributed by atoms with Gasteiger partial charge in [0.15, 0.2) is 0 Å². The molecule has 3 N–H and O–H groups in total. The highest BCUT2D eigenvalue weighted by Gasteiger charge is 2.85. The van der Waals surface area contributed by atoms with Gasteiger partial charge in [0.05, 0.1) is 18.3 Å². The van der Waals surface area contributed by atoms with Gasteiger partial charge in [0, 0.05) is 29.3 Å². The van der Waals surface area contributed by atoms with Crippen LogP contribution in [0.25, 0.3) is 0 Å². The molecule has 5 unspecified atom stereocenters. The second kappa shape index (κ2) is 4.59. The summed E-state index contributed by atoms with van der Waals surface area (Å²) in [5, 5.41) is 33.8. The molecule has 6 aliphatic rings. The lowest BCUT2D eigenvalue weighted by molar-refractivity contribution is -0.218. The van der Waals surface area contributed by atoms with Crippen LogP contribution < -0.4 is 0 Å². The van der Waals surface area contributed by atoms with Crippen molar-refractivity contribution in [3.8, 4) is 0 Å². The van der Waals surface area contributed by atoms with E-state index in [0.29, 0.717) is 17.9 Å². The molecule has 0 aromatic carbocycles. The van der Waals surface area contributed by atoms with Crippen LogP contribution in [0, 0.1) is 39.9 Å². The summed E-state index contributed by atoms with van der Waals surface area (Å²) in [4.78, 5) is 2.65. The van der Waals surface area contributed by atoms with Gasteiger partial charge in [-0.25, -0.2) is 0 Å².